The fourth-order valence-electron chi connectivity index (χ4n) is 2.26. The molecule has 0 atom stereocenters. The van der Waals surface area contributed by atoms with E-state index in [4.69, 9.17) is 9.47 Å². The molecule has 118 valence electrons. The average Bonchev–Trinajstić information content (AvgIpc) is 2.58. The molecule has 0 aliphatic heterocycles. The lowest BCUT2D eigenvalue weighted by Crippen LogP contribution is -2.04. The molecular weight excluding hydrogens is 274 g/mol. The highest BCUT2D eigenvalue weighted by atomic mass is 16.5. The van der Waals surface area contributed by atoms with E-state index in [1.807, 2.05) is 42.5 Å². The average molecular weight is 299 g/mol. The lowest BCUT2D eigenvalue weighted by Gasteiger charge is -2.13. The van der Waals surface area contributed by atoms with Gasteiger partial charge in [-0.25, -0.2) is 0 Å². The van der Waals surface area contributed by atoms with E-state index in [0.717, 1.165) is 36.8 Å². The van der Waals surface area contributed by atoms with Gasteiger partial charge in [-0.05, 0) is 24.6 Å². The summed E-state index contributed by atoms with van der Waals surface area (Å²) in [4.78, 5) is 0. The first-order valence-corrected chi connectivity index (χ1v) is 7.92. The zero-order chi connectivity index (χ0) is 15.6. The van der Waals surface area contributed by atoms with E-state index in [2.05, 4.69) is 18.3 Å². The van der Waals surface area contributed by atoms with E-state index in [1.54, 1.807) is 7.11 Å². The number of benzene rings is 2. The summed E-state index contributed by atoms with van der Waals surface area (Å²) in [6.45, 7) is 3.72. The highest BCUT2D eigenvalue weighted by Gasteiger charge is 2.03. The molecule has 2 rings (SSSR count). The van der Waals surface area contributed by atoms with Crippen LogP contribution in [0.25, 0.3) is 0 Å². The van der Waals surface area contributed by atoms with E-state index in [1.165, 1.54) is 18.4 Å². The third-order valence-electron chi connectivity index (χ3n) is 3.53. The number of rotatable bonds is 9. The molecule has 0 unspecified atom stereocenters. The molecular formula is C19H25NO2. The maximum absolute atomic E-state index is 5.91. The number of anilines is 1. The minimum Gasteiger partial charge on any atom is -0.497 e. The maximum atomic E-state index is 5.91. The van der Waals surface area contributed by atoms with Crippen LogP contribution in [0.5, 0.6) is 11.5 Å². The molecule has 0 fully saturated rings. The lowest BCUT2D eigenvalue weighted by molar-refractivity contribution is 0.303. The summed E-state index contributed by atoms with van der Waals surface area (Å²) in [7, 11) is 1.68. The first-order valence-electron chi connectivity index (χ1n) is 7.92. The van der Waals surface area contributed by atoms with Crippen molar-refractivity contribution in [1.29, 1.82) is 0 Å². The van der Waals surface area contributed by atoms with E-state index in [0.29, 0.717) is 0 Å². The topological polar surface area (TPSA) is 30.5 Å². The van der Waals surface area contributed by atoms with E-state index in [9.17, 15) is 0 Å². The quantitative estimate of drug-likeness (QED) is 0.670. The van der Waals surface area contributed by atoms with Gasteiger partial charge in [-0.2, -0.15) is 0 Å². The molecule has 2 aromatic rings. The molecule has 0 aliphatic rings. The molecule has 3 heteroatoms. The molecule has 0 saturated heterocycles. The van der Waals surface area contributed by atoms with Crippen molar-refractivity contribution >= 4 is 5.69 Å². The molecule has 0 saturated carbocycles. The van der Waals surface area contributed by atoms with Crippen LogP contribution in [-0.2, 0) is 6.54 Å². The largest absolute Gasteiger partial charge is 0.497 e. The van der Waals surface area contributed by atoms with Crippen molar-refractivity contribution in [2.24, 2.45) is 0 Å². The Morgan fingerprint density at radius 2 is 1.86 bits per heavy atom. The molecule has 0 amide bonds. The summed E-state index contributed by atoms with van der Waals surface area (Å²) in [6.07, 6.45) is 3.53. The van der Waals surface area contributed by atoms with Gasteiger partial charge in [-0.3, -0.25) is 0 Å². The van der Waals surface area contributed by atoms with Crippen molar-refractivity contribution < 1.29 is 9.47 Å². The monoisotopic (exact) mass is 299 g/mol. The highest BCUT2D eigenvalue weighted by Crippen LogP contribution is 2.22. The minimum absolute atomic E-state index is 0.733. The molecule has 0 radical (unpaired) electrons. The van der Waals surface area contributed by atoms with E-state index < -0.39 is 0 Å². The van der Waals surface area contributed by atoms with Gasteiger partial charge in [0.25, 0.3) is 0 Å². The van der Waals surface area contributed by atoms with Crippen molar-refractivity contribution in [1.82, 2.24) is 0 Å². The van der Waals surface area contributed by atoms with Crippen molar-refractivity contribution in [2.75, 3.05) is 19.0 Å². The third kappa shape index (κ3) is 4.99. The summed E-state index contributed by atoms with van der Waals surface area (Å²) >= 11 is 0. The summed E-state index contributed by atoms with van der Waals surface area (Å²) in [6, 6.07) is 16.1. The Labute approximate surface area is 133 Å². The van der Waals surface area contributed by atoms with Crippen LogP contribution in [-0.4, -0.2) is 13.7 Å². The number of unbranched alkanes of at least 4 members (excludes halogenated alkanes) is 2. The van der Waals surface area contributed by atoms with Crippen molar-refractivity contribution in [3.05, 3.63) is 54.1 Å². The molecule has 22 heavy (non-hydrogen) atoms. The Morgan fingerprint density at radius 1 is 1.00 bits per heavy atom. The predicted octanol–water partition coefficient (Wildman–Crippen LogP) is 4.88. The lowest BCUT2D eigenvalue weighted by atomic mass is 10.2. The molecule has 0 aromatic heterocycles. The van der Waals surface area contributed by atoms with Gasteiger partial charge in [-0.15, -0.1) is 0 Å². The Bertz CT molecular complexity index is 569. The smallest absolute Gasteiger partial charge is 0.124 e. The molecule has 0 aliphatic carbocycles. The summed E-state index contributed by atoms with van der Waals surface area (Å²) in [5, 5.41) is 3.42. The second-order valence-corrected chi connectivity index (χ2v) is 5.25. The number of para-hydroxylation sites is 1. The number of hydrogen-bond donors (Lipinski definition) is 1. The number of ether oxygens (including phenoxy) is 2. The Kier molecular flexibility index (Phi) is 6.62. The Balaban J connectivity index is 1.94. The molecule has 0 bridgehead atoms. The van der Waals surface area contributed by atoms with Crippen molar-refractivity contribution in [3.8, 4) is 11.5 Å². The zero-order valence-corrected chi connectivity index (χ0v) is 13.5. The van der Waals surface area contributed by atoms with Gasteiger partial charge in [0.2, 0.25) is 0 Å². The standard InChI is InChI=1S/C19H25NO2/c1-3-4-7-13-22-19-12-6-5-9-16(19)15-20-17-10-8-11-18(14-17)21-2/h5-6,8-12,14,20H,3-4,7,13,15H2,1-2H3. The number of hydrogen-bond acceptors (Lipinski definition) is 3. The van der Waals surface area contributed by atoms with Gasteiger partial charge in [0.15, 0.2) is 0 Å². The molecule has 2 aromatic carbocycles. The normalized spacial score (nSPS) is 10.3. The predicted molar refractivity (Wildman–Crippen MR) is 91.8 cm³/mol. The SMILES string of the molecule is CCCCCOc1ccccc1CNc1cccc(OC)c1. The van der Waals surface area contributed by atoms with Crippen LogP contribution in [0.1, 0.15) is 31.7 Å². The summed E-state index contributed by atoms with van der Waals surface area (Å²) in [5.41, 5.74) is 2.21. The van der Waals surface area contributed by atoms with Crippen LogP contribution < -0.4 is 14.8 Å². The second-order valence-electron chi connectivity index (χ2n) is 5.25. The summed E-state index contributed by atoms with van der Waals surface area (Å²) < 4.78 is 11.1. The van der Waals surface area contributed by atoms with Crippen LogP contribution in [0, 0.1) is 0 Å². The Hall–Kier alpha value is -2.16. The van der Waals surface area contributed by atoms with E-state index in [-0.39, 0.29) is 0 Å². The fraction of sp³-hybridized carbons (Fsp3) is 0.368. The first-order chi connectivity index (χ1) is 10.8. The van der Waals surface area contributed by atoms with Crippen LogP contribution in [0.4, 0.5) is 5.69 Å². The van der Waals surface area contributed by atoms with Crippen LogP contribution in [0.2, 0.25) is 0 Å². The maximum Gasteiger partial charge on any atom is 0.124 e. The van der Waals surface area contributed by atoms with Gasteiger partial charge in [0, 0.05) is 23.9 Å². The van der Waals surface area contributed by atoms with Gasteiger partial charge in [-0.1, -0.05) is 44.0 Å². The third-order valence-corrected chi connectivity index (χ3v) is 3.53. The summed E-state index contributed by atoms with van der Waals surface area (Å²) in [5.74, 6) is 1.82. The zero-order valence-electron chi connectivity index (χ0n) is 13.5. The molecule has 1 N–H and O–H groups in total. The van der Waals surface area contributed by atoms with Gasteiger partial charge < -0.3 is 14.8 Å². The fourth-order valence-corrected chi connectivity index (χ4v) is 2.26. The molecule has 3 nitrogen and oxygen atoms in total. The van der Waals surface area contributed by atoms with Crippen LogP contribution in [0.15, 0.2) is 48.5 Å². The van der Waals surface area contributed by atoms with Crippen LogP contribution in [0.3, 0.4) is 0 Å². The highest BCUT2D eigenvalue weighted by molar-refractivity contribution is 5.49. The van der Waals surface area contributed by atoms with Gasteiger partial charge in [0.1, 0.15) is 11.5 Å². The van der Waals surface area contributed by atoms with Crippen molar-refractivity contribution in [3.63, 3.8) is 0 Å². The van der Waals surface area contributed by atoms with Crippen molar-refractivity contribution in [2.45, 2.75) is 32.7 Å². The van der Waals surface area contributed by atoms with Crippen LogP contribution >= 0.6 is 0 Å². The molecule has 0 spiro atoms. The molecule has 0 heterocycles. The van der Waals surface area contributed by atoms with E-state index >= 15 is 0 Å². The van der Waals surface area contributed by atoms with Gasteiger partial charge in [0.05, 0.1) is 13.7 Å². The van der Waals surface area contributed by atoms with Gasteiger partial charge >= 0.3 is 0 Å². The number of methoxy groups -OCH3 is 1. The Morgan fingerprint density at radius 3 is 2.68 bits per heavy atom. The number of nitrogens with one attached hydrogen (secondary N) is 1. The minimum atomic E-state index is 0.733. The first kappa shape index (κ1) is 16.2. The second kappa shape index (κ2) is 8.98.